The third-order valence-corrected chi connectivity index (χ3v) is 4.15. The quantitative estimate of drug-likeness (QED) is 0.657. The normalized spacial score (nSPS) is 18.9. The molecule has 0 bridgehead atoms. The first-order valence-corrected chi connectivity index (χ1v) is 7.26. The third kappa shape index (κ3) is 4.18. The minimum Gasteiger partial charge on any atom is -0.349 e. The lowest BCUT2D eigenvalue weighted by Gasteiger charge is -2.29. The van der Waals surface area contributed by atoms with Crippen LogP contribution in [0.2, 0.25) is 0 Å². The first kappa shape index (κ1) is 18.4. The van der Waals surface area contributed by atoms with Crippen LogP contribution >= 0.6 is 12.4 Å². The molecule has 0 aliphatic carbocycles. The molecule has 1 aliphatic rings. The third-order valence-electron chi connectivity index (χ3n) is 4.15. The van der Waals surface area contributed by atoms with Crippen LogP contribution in [0.3, 0.4) is 0 Å². The van der Waals surface area contributed by atoms with Crippen LogP contribution in [0.1, 0.15) is 35.7 Å². The van der Waals surface area contributed by atoms with Crippen LogP contribution in [0.4, 0.5) is 5.69 Å². The number of carbonyl (C=O) groups excluding carboxylic acids is 1. The summed E-state index contributed by atoms with van der Waals surface area (Å²) in [6.07, 6.45) is 2.20. The molecular formula is C15H22ClN3O3. The molecule has 0 spiro atoms. The van der Waals surface area contributed by atoms with Gasteiger partial charge in [-0.1, -0.05) is 6.07 Å². The second-order valence-electron chi connectivity index (χ2n) is 5.58. The Bertz CT molecular complexity index is 545. The number of amides is 1. The maximum atomic E-state index is 12.3. The number of nitrogens with zero attached hydrogens (tertiary/aromatic N) is 1. The van der Waals surface area contributed by atoms with Crippen molar-refractivity contribution in [1.29, 1.82) is 0 Å². The summed E-state index contributed by atoms with van der Waals surface area (Å²) in [5.74, 6) is 0.163. The van der Waals surface area contributed by atoms with Crippen molar-refractivity contribution in [3.05, 3.63) is 39.4 Å². The molecule has 1 aromatic rings. The van der Waals surface area contributed by atoms with Crippen LogP contribution < -0.4 is 10.6 Å². The Kier molecular flexibility index (Phi) is 6.77. The van der Waals surface area contributed by atoms with Gasteiger partial charge in [0.25, 0.3) is 11.6 Å². The molecule has 6 nitrogen and oxygen atoms in total. The highest BCUT2D eigenvalue weighted by Gasteiger charge is 2.23. The Balaban J connectivity index is 0.00000242. The van der Waals surface area contributed by atoms with Gasteiger partial charge in [0.05, 0.1) is 4.92 Å². The van der Waals surface area contributed by atoms with Gasteiger partial charge in [-0.15, -0.1) is 12.4 Å². The van der Waals surface area contributed by atoms with Crippen LogP contribution in [0, 0.1) is 23.0 Å². The number of nitro groups is 1. The van der Waals surface area contributed by atoms with E-state index in [0.717, 1.165) is 25.9 Å². The SMILES string of the molecule is Cc1c(C(=O)NC(C)C2CCCNC2)cccc1[N+](=O)[O-].Cl. The molecule has 1 amide bonds. The largest absolute Gasteiger partial charge is 0.349 e. The highest BCUT2D eigenvalue weighted by molar-refractivity contribution is 5.96. The topological polar surface area (TPSA) is 84.3 Å². The zero-order chi connectivity index (χ0) is 15.4. The minimum absolute atomic E-state index is 0. The van der Waals surface area contributed by atoms with Gasteiger partial charge in [-0.2, -0.15) is 0 Å². The molecule has 2 N–H and O–H groups in total. The summed E-state index contributed by atoms with van der Waals surface area (Å²) in [6.45, 7) is 5.53. The lowest BCUT2D eigenvalue weighted by atomic mass is 9.92. The van der Waals surface area contributed by atoms with Gasteiger partial charge in [0.1, 0.15) is 0 Å². The fraction of sp³-hybridized carbons (Fsp3) is 0.533. The van der Waals surface area contributed by atoms with E-state index in [0.29, 0.717) is 17.0 Å². The van der Waals surface area contributed by atoms with Crippen LogP contribution in [0.25, 0.3) is 0 Å². The van der Waals surface area contributed by atoms with Crippen molar-refractivity contribution in [3.8, 4) is 0 Å². The lowest BCUT2D eigenvalue weighted by Crippen LogP contribution is -2.44. The molecule has 2 unspecified atom stereocenters. The van der Waals surface area contributed by atoms with E-state index < -0.39 is 4.92 Å². The average Bonchev–Trinajstić information content (AvgIpc) is 2.47. The average molecular weight is 328 g/mol. The number of hydrogen-bond acceptors (Lipinski definition) is 4. The molecule has 2 rings (SSSR count). The van der Waals surface area contributed by atoms with E-state index in [1.165, 1.54) is 6.07 Å². The molecule has 0 radical (unpaired) electrons. The molecule has 0 saturated carbocycles. The zero-order valence-electron chi connectivity index (χ0n) is 12.8. The molecule has 22 heavy (non-hydrogen) atoms. The van der Waals surface area contributed by atoms with Crippen molar-refractivity contribution < 1.29 is 9.72 Å². The number of rotatable bonds is 4. The fourth-order valence-corrected chi connectivity index (χ4v) is 2.78. The first-order valence-electron chi connectivity index (χ1n) is 7.26. The van der Waals surface area contributed by atoms with Gasteiger partial charge in [-0.05, 0) is 51.8 Å². The summed E-state index contributed by atoms with van der Waals surface area (Å²) in [6, 6.07) is 4.64. The summed E-state index contributed by atoms with van der Waals surface area (Å²) in [5.41, 5.74) is 0.767. The monoisotopic (exact) mass is 327 g/mol. The molecule has 2 atom stereocenters. The summed E-state index contributed by atoms with van der Waals surface area (Å²) < 4.78 is 0. The Morgan fingerprint density at radius 1 is 1.50 bits per heavy atom. The highest BCUT2D eigenvalue weighted by Crippen LogP contribution is 2.21. The molecule has 7 heteroatoms. The first-order chi connectivity index (χ1) is 10.0. The number of nitro benzene ring substituents is 1. The molecule has 1 aliphatic heterocycles. The Morgan fingerprint density at radius 3 is 2.82 bits per heavy atom. The molecule has 1 aromatic carbocycles. The summed E-state index contributed by atoms with van der Waals surface area (Å²) in [5, 5.41) is 17.2. The van der Waals surface area contributed by atoms with E-state index >= 15 is 0 Å². The molecule has 1 fully saturated rings. The Labute approximate surface area is 136 Å². The predicted octanol–water partition coefficient (Wildman–Crippen LogP) is 2.44. The number of hydrogen-bond donors (Lipinski definition) is 2. The predicted molar refractivity (Wildman–Crippen MR) is 87.6 cm³/mol. The van der Waals surface area contributed by atoms with E-state index in [2.05, 4.69) is 10.6 Å². The number of benzene rings is 1. The summed E-state index contributed by atoms with van der Waals surface area (Å²) >= 11 is 0. The number of carbonyl (C=O) groups is 1. The van der Waals surface area contributed by atoms with Crippen LogP contribution in [-0.2, 0) is 0 Å². The van der Waals surface area contributed by atoms with E-state index in [9.17, 15) is 14.9 Å². The van der Waals surface area contributed by atoms with Gasteiger partial charge >= 0.3 is 0 Å². The number of nitrogens with one attached hydrogen (secondary N) is 2. The summed E-state index contributed by atoms with van der Waals surface area (Å²) in [4.78, 5) is 22.8. The smallest absolute Gasteiger partial charge is 0.273 e. The van der Waals surface area contributed by atoms with Crippen molar-refractivity contribution in [2.24, 2.45) is 5.92 Å². The maximum absolute atomic E-state index is 12.3. The maximum Gasteiger partial charge on any atom is 0.273 e. The molecule has 122 valence electrons. The van der Waals surface area contributed by atoms with E-state index in [-0.39, 0.29) is 30.0 Å². The lowest BCUT2D eigenvalue weighted by molar-refractivity contribution is -0.385. The number of halogens is 1. The van der Waals surface area contributed by atoms with Crippen molar-refractivity contribution in [2.75, 3.05) is 13.1 Å². The molecule has 1 heterocycles. The zero-order valence-corrected chi connectivity index (χ0v) is 13.6. The van der Waals surface area contributed by atoms with Gasteiger partial charge < -0.3 is 10.6 Å². The van der Waals surface area contributed by atoms with E-state index in [4.69, 9.17) is 0 Å². The molecule has 1 saturated heterocycles. The van der Waals surface area contributed by atoms with Gasteiger partial charge in [0, 0.05) is 23.2 Å². The van der Waals surface area contributed by atoms with Crippen molar-refractivity contribution in [2.45, 2.75) is 32.7 Å². The standard InChI is InChI=1S/C15H21N3O3.ClH/c1-10-13(6-3-7-14(10)18(20)21)15(19)17-11(2)12-5-4-8-16-9-12;/h3,6-7,11-12,16H,4-5,8-9H2,1-2H3,(H,17,19);1H. The van der Waals surface area contributed by atoms with Crippen molar-refractivity contribution in [3.63, 3.8) is 0 Å². The van der Waals surface area contributed by atoms with Gasteiger partial charge in [-0.25, -0.2) is 0 Å². The molecule has 0 aromatic heterocycles. The van der Waals surface area contributed by atoms with Gasteiger partial charge in [0.15, 0.2) is 0 Å². The minimum atomic E-state index is -0.458. The summed E-state index contributed by atoms with van der Waals surface area (Å²) in [7, 11) is 0. The van der Waals surface area contributed by atoms with Gasteiger partial charge in [0.2, 0.25) is 0 Å². The van der Waals surface area contributed by atoms with E-state index in [1.807, 2.05) is 6.92 Å². The van der Waals surface area contributed by atoms with Crippen LogP contribution in [-0.4, -0.2) is 30.0 Å². The van der Waals surface area contributed by atoms with Crippen LogP contribution in [0.5, 0.6) is 0 Å². The molecular weight excluding hydrogens is 306 g/mol. The Morgan fingerprint density at radius 2 is 2.23 bits per heavy atom. The van der Waals surface area contributed by atoms with Crippen molar-refractivity contribution >= 4 is 24.0 Å². The number of piperidine rings is 1. The Hall–Kier alpha value is -1.66. The van der Waals surface area contributed by atoms with Crippen molar-refractivity contribution in [1.82, 2.24) is 10.6 Å². The highest BCUT2D eigenvalue weighted by atomic mass is 35.5. The fourth-order valence-electron chi connectivity index (χ4n) is 2.78. The second kappa shape index (κ2) is 8.10. The van der Waals surface area contributed by atoms with E-state index in [1.54, 1.807) is 19.1 Å². The van der Waals surface area contributed by atoms with Crippen LogP contribution in [0.15, 0.2) is 18.2 Å². The second-order valence-corrected chi connectivity index (χ2v) is 5.58. The van der Waals surface area contributed by atoms with Gasteiger partial charge in [-0.3, -0.25) is 14.9 Å².